The van der Waals surface area contributed by atoms with Crippen molar-refractivity contribution in [2.45, 2.75) is 37.9 Å². The number of halogens is 2. The third-order valence-corrected chi connectivity index (χ3v) is 8.47. The predicted octanol–water partition coefficient (Wildman–Crippen LogP) is 2.21. The summed E-state index contributed by atoms with van der Waals surface area (Å²) in [6.07, 6.45) is 2.40. The normalized spacial score (nSPS) is 16.3. The number of H-pyrrole nitrogens is 1. The van der Waals surface area contributed by atoms with E-state index in [0.29, 0.717) is 29.8 Å². The van der Waals surface area contributed by atoms with Crippen LogP contribution in [0.1, 0.15) is 61.3 Å². The van der Waals surface area contributed by atoms with Crippen LogP contribution < -0.4 is 32.1 Å². The zero-order valence-corrected chi connectivity index (χ0v) is 24.9. The lowest BCUT2D eigenvalue weighted by Gasteiger charge is -2.36. The number of nitrogens with zero attached hydrogens (tertiary/aromatic N) is 5. The molecule has 0 bridgehead atoms. The number of aromatic amines is 1. The molecule has 0 fully saturated rings. The highest BCUT2D eigenvalue weighted by atomic mass is 19.3. The second kappa shape index (κ2) is 11.6. The Morgan fingerprint density at radius 3 is 2.58 bits per heavy atom. The average Bonchev–Trinajstić information content (AvgIpc) is 3.70. The van der Waals surface area contributed by atoms with Crippen LogP contribution in [0.15, 0.2) is 72.7 Å². The average molecular weight is 655 g/mol. The van der Waals surface area contributed by atoms with E-state index >= 15 is 8.78 Å². The Balaban J connectivity index is 1.01. The lowest BCUT2D eigenvalue weighted by molar-refractivity contribution is -0.00254. The summed E-state index contributed by atoms with van der Waals surface area (Å²) >= 11 is 0. The molecule has 16 heteroatoms. The zero-order chi connectivity index (χ0) is 33.7. The summed E-state index contributed by atoms with van der Waals surface area (Å²) in [5.41, 5.74) is 0.789. The third-order valence-electron chi connectivity index (χ3n) is 8.47. The first-order valence-corrected chi connectivity index (χ1v) is 14.7. The molecule has 0 saturated carbocycles. The van der Waals surface area contributed by atoms with Gasteiger partial charge in [-0.1, -0.05) is 35.5 Å². The second-order valence-electron chi connectivity index (χ2n) is 11.5. The first-order valence-electron chi connectivity index (χ1n) is 14.7. The van der Waals surface area contributed by atoms with Crippen LogP contribution in [0.2, 0.25) is 0 Å². The van der Waals surface area contributed by atoms with E-state index in [1.165, 1.54) is 24.3 Å². The van der Waals surface area contributed by atoms with Crippen molar-refractivity contribution in [2.75, 3.05) is 11.4 Å². The number of anilines is 1. The number of fused-ring (bicyclic) bond motifs is 2. The van der Waals surface area contributed by atoms with Crippen LogP contribution >= 0.6 is 0 Å². The van der Waals surface area contributed by atoms with E-state index < -0.39 is 40.9 Å². The van der Waals surface area contributed by atoms with E-state index in [1.54, 1.807) is 6.07 Å². The standard InChI is InChI=1S/C32H24F2N8O6/c1-35-24-25(27(44)26(24)43)42-12-18-8-15(2-6-20(18)32(33,34)13-42)11-36-29(45)22-10-23(38-14-37-22)30(46)39-21-7-4-16-9-17(3-5-19(16)21)28-40-31(47)48-41-28/h2-3,5-6,8-10,14,21H,1,4,7,11-13H2,(H,36,45)(H,39,46)(H,40,41,47)/t21-/m0/s1. The van der Waals surface area contributed by atoms with Gasteiger partial charge in [-0.3, -0.25) is 33.7 Å². The first-order chi connectivity index (χ1) is 23.0. The molecule has 1 atom stereocenters. The lowest BCUT2D eigenvalue weighted by Crippen LogP contribution is -2.47. The maximum Gasteiger partial charge on any atom is 0.439 e. The SMILES string of the molecule is C=Nc1c(N2Cc3cc(CNC(=O)c4cc(C(=O)N[C@H]5CCc6cc(-c7noc(=O)[nH]7)ccc65)ncn4)ccc3C(F)(F)C2)c(=O)c1=O. The lowest BCUT2D eigenvalue weighted by atomic mass is 9.93. The third kappa shape index (κ3) is 5.36. The molecule has 2 aromatic heterocycles. The number of aromatic nitrogens is 4. The van der Waals surface area contributed by atoms with Crippen molar-refractivity contribution in [2.24, 2.45) is 4.99 Å². The van der Waals surface area contributed by atoms with Gasteiger partial charge >= 0.3 is 5.76 Å². The molecule has 0 unspecified atom stereocenters. The van der Waals surface area contributed by atoms with E-state index in [0.717, 1.165) is 22.4 Å². The van der Waals surface area contributed by atoms with Gasteiger partial charge < -0.3 is 15.5 Å². The Kier molecular flexibility index (Phi) is 7.33. The van der Waals surface area contributed by atoms with Gasteiger partial charge in [-0.2, -0.15) is 8.78 Å². The van der Waals surface area contributed by atoms with Crippen LogP contribution in [0.4, 0.5) is 20.2 Å². The van der Waals surface area contributed by atoms with Crippen LogP contribution in [0.25, 0.3) is 11.4 Å². The number of hydrogen-bond acceptors (Lipinski definition) is 11. The summed E-state index contributed by atoms with van der Waals surface area (Å²) < 4.78 is 34.6. The van der Waals surface area contributed by atoms with Crippen molar-refractivity contribution in [3.63, 3.8) is 0 Å². The van der Waals surface area contributed by atoms with E-state index in [2.05, 4.69) is 47.0 Å². The van der Waals surface area contributed by atoms with Gasteiger partial charge in [0.05, 0.1) is 12.6 Å². The number of nitrogens with one attached hydrogen (secondary N) is 3. The van der Waals surface area contributed by atoms with Gasteiger partial charge in [-0.15, -0.1) is 0 Å². The number of aryl methyl sites for hydroxylation is 1. The summed E-state index contributed by atoms with van der Waals surface area (Å²) in [5.74, 6) is -4.79. The minimum Gasteiger partial charge on any atom is -0.356 e. The van der Waals surface area contributed by atoms with Crippen molar-refractivity contribution in [1.82, 2.24) is 30.7 Å². The van der Waals surface area contributed by atoms with E-state index in [9.17, 15) is 24.0 Å². The predicted molar refractivity (Wildman–Crippen MR) is 166 cm³/mol. The number of alkyl halides is 2. The molecule has 0 radical (unpaired) electrons. The fourth-order valence-corrected chi connectivity index (χ4v) is 6.18. The Hall–Kier alpha value is -6.19. The van der Waals surface area contributed by atoms with E-state index in [4.69, 9.17) is 0 Å². The van der Waals surface area contributed by atoms with Gasteiger partial charge in [-0.25, -0.2) is 14.8 Å². The quantitative estimate of drug-likeness (QED) is 0.165. The molecule has 14 nitrogen and oxygen atoms in total. The number of benzene rings is 2. The molecule has 1 aliphatic heterocycles. The summed E-state index contributed by atoms with van der Waals surface area (Å²) in [5, 5.41) is 9.31. The molecule has 7 rings (SSSR count). The number of rotatable bonds is 8. The highest BCUT2D eigenvalue weighted by molar-refractivity contribution is 5.97. The fraction of sp³-hybridized carbons (Fsp3) is 0.219. The topological polar surface area (TPSA) is 193 Å². The van der Waals surface area contributed by atoms with Crippen LogP contribution in [-0.4, -0.2) is 45.2 Å². The second-order valence-corrected chi connectivity index (χ2v) is 11.5. The minimum atomic E-state index is -3.31. The van der Waals surface area contributed by atoms with Gasteiger partial charge in [0, 0.05) is 30.3 Å². The van der Waals surface area contributed by atoms with Crippen molar-refractivity contribution < 1.29 is 22.9 Å². The molecule has 242 valence electrons. The molecule has 3 aromatic carbocycles. The van der Waals surface area contributed by atoms with Crippen molar-refractivity contribution in [3.8, 4) is 11.4 Å². The Morgan fingerprint density at radius 2 is 1.83 bits per heavy atom. The number of aliphatic imine (C=N–C) groups is 1. The van der Waals surface area contributed by atoms with Crippen molar-refractivity contribution in [1.29, 1.82) is 0 Å². The molecule has 0 spiro atoms. The Morgan fingerprint density at radius 1 is 1.04 bits per heavy atom. The monoisotopic (exact) mass is 654 g/mol. The Labute approximate surface area is 268 Å². The molecule has 0 saturated heterocycles. The van der Waals surface area contributed by atoms with Crippen molar-refractivity contribution >= 4 is 29.9 Å². The molecule has 48 heavy (non-hydrogen) atoms. The maximum atomic E-state index is 15.0. The molecule has 3 N–H and O–H groups in total. The number of carbonyl (C=O) groups is 2. The first kappa shape index (κ1) is 30.5. The smallest absolute Gasteiger partial charge is 0.356 e. The molecule has 5 aromatic rings. The van der Waals surface area contributed by atoms with Gasteiger partial charge in [0.15, 0.2) is 5.82 Å². The van der Waals surface area contributed by atoms with Crippen LogP contribution in [0.5, 0.6) is 0 Å². The highest BCUT2D eigenvalue weighted by Gasteiger charge is 2.42. The van der Waals surface area contributed by atoms with Gasteiger partial charge in [-0.05, 0) is 47.9 Å². The summed E-state index contributed by atoms with van der Waals surface area (Å²) in [7, 11) is 0. The van der Waals surface area contributed by atoms with Gasteiger partial charge in [0.2, 0.25) is 0 Å². The molecule has 1 aliphatic carbocycles. The highest BCUT2D eigenvalue weighted by Crippen LogP contribution is 2.40. The van der Waals surface area contributed by atoms with Crippen LogP contribution in [0.3, 0.4) is 0 Å². The summed E-state index contributed by atoms with van der Waals surface area (Å²) in [4.78, 5) is 76.4. The summed E-state index contributed by atoms with van der Waals surface area (Å²) in [6, 6.07) is 10.7. The molecule has 2 aliphatic rings. The van der Waals surface area contributed by atoms with Gasteiger partial charge in [0.25, 0.3) is 28.6 Å². The molecule has 3 heterocycles. The van der Waals surface area contributed by atoms with Crippen LogP contribution in [0, 0.1) is 0 Å². The maximum absolute atomic E-state index is 15.0. The Bertz CT molecular complexity index is 2270. The zero-order valence-electron chi connectivity index (χ0n) is 24.9. The number of carbonyl (C=O) groups excluding carboxylic acids is 2. The number of hydrogen-bond donors (Lipinski definition) is 3. The van der Waals surface area contributed by atoms with Crippen molar-refractivity contribution in [3.05, 3.63) is 119 Å². The van der Waals surface area contributed by atoms with Crippen LogP contribution in [-0.2, 0) is 25.4 Å². The minimum absolute atomic E-state index is 0.0248. The van der Waals surface area contributed by atoms with Gasteiger partial charge in [0.1, 0.15) is 29.1 Å². The number of amides is 2. The van der Waals surface area contributed by atoms with E-state index in [1.807, 2.05) is 12.1 Å². The molecular formula is C32H24F2N8O6. The van der Waals surface area contributed by atoms with E-state index in [-0.39, 0.29) is 53.0 Å². The fourth-order valence-electron chi connectivity index (χ4n) is 6.18. The largest absolute Gasteiger partial charge is 0.439 e. The molecular weight excluding hydrogens is 630 g/mol. The molecule has 2 amide bonds. The summed E-state index contributed by atoms with van der Waals surface area (Å²) in [6.45, 7) is 2.34.